The second-order valence-electron chi connectivity index (χ2n) is 6.35. The number of alkyl halides is 3. The molecule has 2 aromatic rings. The van der Waals surface area contributed by atoms with Crippen molar-refractivity contribution in [2.75, 3.05) is 6.54 Å². The Morgan fingerprint density at radius 3 is 2.64 bits per heavy atom. The number of hydrogen-bond acceptors (Lipinski definition) is 3. The van der Waals surface area contributed by atoms with Crippen molar-refractivity contribution in [2.45, 2.75) is 30.0 Å². The van der Waals surface area contributed by atoms with Crippen molar-refractivity contribution in [2.24, 2.45) is 0 Å². The highest BCUT2D eigenvalue weighted by Gasteiger charge is 2.32. The first-order chi connectivity index (χ1) is 13.1. The summed E-state index contributed by atoms with van der Waals surface area (Å²) in [5, 5.41) is 3.32. The van der Waals surface area contributed by atoms with Gasteiger partial charge in [-0.25, -0.2) is 13.1 Å². The second-order valence-corrected chi connectivity index (χ2v) is 8.56. The maximum absolute atomic E-state index is 12.8. The zero-order chi connectivity index (χ0) is 20.5. The van der Waals surface area contributed by atoms with Gasteiger partial charge in [-0.15, -0.1) is 0 Å². The maximum Gasteiger partial charge on any atom is 0.416 e. The normalized spacial score (nSPS) is 16.6. The lowest BCUT2D eigenvalue weighted by atomic mass is 10.1. The number of aryl methyl sites for hydroxylation is 1. The summed E-state index contributed by atoms with van der Waals surface area (Å²) in [6.07, 6.45) is -3.28. The Hall–Kier alpha value is -2.10. The molecule has 1 aliphatic carbocycles. The molecule has 1 atom stereocenters. The Balaban J connectivity index is 1.64. The Morgan fingerprint density at radius 2 is 1.93 bits per heavy atom. The fourth-order valence-electron chi connectivity index (χ4n) is 3.06. The van der Waals surface area contributed by atoms with Gasteiger partial charge in [0.15, 0.2) is 0 Å². The van der Waals surface area contributed by atoms with E-state index in [0.717, 1.165) is 35.7 Å². The van der Waals surface area contributed by atoms with E-state index in [0.29, 0.717) is 17.5 Å². The first-order valence-electron chi connectivity index (χ1n) is 8.31. The predicted molar refractivity (Wildman–Crippen MR) is 97.3 cm³/mol. The quantitative estimate of drug-likeness (QED) is 0.760. The van der Waals surface area contributed by atoms with Crippen molar-refractivity contribution in [3.05, 3.63) is 64.2 Å². The highest BCUT2D eigenvalue weighted by atomic mass is 35.5. The number of sulfonamides is 1. The van der Waals surface area contributed by atoms with Crippen LogP contribution >= 0.6 is 11.6 Å². The smallest absolute Gasteiger partial charge is 0.348 e. The Bertz CT molecular complexity index is 1010. The molecule has 0 saturated carbocycles. The number of hydrogen-bond donors (Lipinski definition) is 2. The molecule has 1 aliphatic rings. The van der Waals surface area contributed by atoms with E-state index in [1.54, 1.807) is 6.07 Å². The molecule has 0 radical (unpaired) electrons. The molecule has 5 nitrogen and oxygen atoms in total. The molecule has 2 N–H and O–H groups in total. The molecule has 1 amide bonds. The number of benzene rings is 2. The first-order valence-corrected chi connectivity index (χ1v) is 10.2. The van der Waals surface area contributed by atoms with E-state index in [4.69, 9.17) is 11.6 Å². The number of amides is 1. The molecule has 2 aromatic carbocycles. The van der Waals surface area contributed by atoms with Gasteiger partial charge in [0.2, 0.25) is 15.9 Å². The number of carbonyl (C=O) groups is 1. The third kappa shape index (κ3) is 4.65. The van der Waals surface area contributed by atoms with Gasteiger partial charge < -0.3 is 5.32 Å². The first kappa shape index (κ1) is 20.6. The monoisotopic (exact) mass is 432 g/mol. The van der Waals surface area contributed by atoms with Gasteiger partial charge >= 0.3 is 6.18 Å². The van der Waals surface area contributed by atoms with Crippen LogP contribution in [0.3, 0.4) is 0 Å². The summed E-state index contributed by atoms with van der Waals surface area (Å²) in [4.78, 5) is 11.6. The molecule has 3 rings (SSSR count). The van der Waals surface area contributed by atoms with Gasteiger partial charge in [0.25, 0.3) is 0 Å². The van der Waals surface area contributed by atoms with Crippen molar-refractivity contribution in [1.82, 2.24) is 10.0 Å². The minimum absolute atomic E-state index is 0.266. The van der Waals surface area contributed by atoms with E-state index in [-0.39, 0.29) is 6.04 Å². The number of fused-ring (bicyclic) bond motifs is 1. The van der Waals surface area contributed by atoms with Crippen molar-refractivity contribution in [1.29, 1.82) is 0 Å². The fourth-order valence-corrected chi connectivity index (χ4v) is 4.29. The molecule has 1 unspecified atom stereocenters. The van der Waals surface area contributed by atoms with Gasteiger partial charge in [-0.2, -0.15) is 13.2 Å². The molecule has 10 heteroatoms. The van der Waals surface area contributed by atoms with Crippen LogP contribution in [0.5, 0.6) is 0 Å². The Labute approximate surface area is 164 Å². The third-order valence-corrected chi connectivity index (χ3v) is 6.05. The van der Waals surface area contributed by atoms with Gasteiger partial charge in [0.05, 0.1) is 23.0 Å². The van der Waals surface area contributed by atoms with Gasteiger partial charge in [-0.3, -0.25) is 4.79 Å². The van der Waals surface area contributed by atoms with Crippen LogP contribution < -0.4 is 10.0 Å². The molecule has 150 valence electrons. The largest absolute Gasteiger partial charge is 0.416 e. The van der Waals surface area contributed by atoms with Crippen LogP contribution in [0.1, 0.15) is 29.2 Å². The van der Waals surface area contributed by atoms with E-state index in [2.05, 4.69) is 5.32 Å². The van der Waals surface area contributed by atoms with E-state index in [9.17, 15) is 26.4 Å². The lowest BCUT2D eigenvalue weighted by Crippen LogP contribution is -2.38. The molecular weight excluding hydrogens is 417 g/mol. The molecule has 0 aliphatic heterocycles. The maximum atomic E-state index is 12.8. The molecule has 0 saturated heterocycles. The molecular formula is C18H16ClF3N2O3S. The van der Waals surface area contributed by atoms with E-state index >= 15 is 0 Å². The minimum Gasteiger partial charge on any atom is -0.348 e. The molecule has 0 spiro atoms. The standard InChI is InChI=1S/C18H16ClF3N2O3S/c19-13-5-6-15-11(8-13)4-7-16(15)24-17(25)10-23-28(26,27)14-3-1-2-12(9-14)18(20,21)22/h1-3,5-6,8-9,16,23H,4,7,10H2,(H,24,25). The zero-order valence-electron chi connectivity index (χ0n) is 14.4. The van der Waals surface area contributed by atoms with E-state index < -0.39 is 39.1 Å². The number of nitrogens with one attached hydrogen (secondary N) is 2. The molecule has 0 fully saturated rings. The highest BCUT2D eigenvalue weighted by Crippen LogP contribution is 2.33. The predicted octanol–water partition coefficient (Wildman–Crippen LogP) is 3.44. The summed E-state index contributed by atoms with van der Waals surface area (Å²) in [6.45, 7) is -0.585. The van der Waals surface area contributed by atoms with Crippen LogP contribution in [-0.4, -0.2) is 20.9 Å². The van der Waals surface area contributed by atoms with Crippen molar-refractivity contribution >= 4 is 27.5 Å². The topological polar surface area (TPSA) is 75.3 Å². The van der Waals surface area contributed by atoms with Crippen molar-refractivity contribution < 1.29 is 26.4 Å². The van der Waals surface area contributed by atoms with Crippen LogP contribution in [0.25, 0.3) is 0 Å². The SMILES string of the molecule is O=C(CNS(=O)(=O)c1cccc(C(F)(F)F)c1)NC1CCc2cc(Cl)ccc21. The van der Waals surface area contributed by atoms with Gasteiger partial charge in [-0.05, 0) is 54.3 Å². The number of rotatable bonds is 5. The fraction of sp³-hybridized carbons (Fsp3) is 0.278. The summed E-state index contributed by atoms with van der Waals surface area (Å²) >= 11 is 5.94. The number of halogens is 4. The molecule has 0 bridgehead atoms. The molecule has 0 heterocycles. The minimum atomic E-state index is -4.67. The molecule has 0 aromatic heterocycles. The zero-order valence-corrected chi connectivity index (χ0v) is 16.0. The third-order valence-electron chi connectivity index (χ3n) is 4.41. The lowest BCUT2D eigenvalue weighted by Gasteiger charge is -2.15. The number of carbonyl (C=O) groups excluding carboxylic acids is 1. The molecule has 28 heavy (non-hydrogen) atoms. The van der Waals surface area contributed by atoms with Gasteiger partial charge in [-0.1, -0.05) is 23.7 Å². The van der Waals surface area contributed by atoms with Gasteiger partial charge in [0.1, 0.15) is 0 Å². The highest BCUT2D eigenvalue weighted by molar-refractivity contribution is 7.89. The van der Waals surface area contributed by atoms with Crippen LogP contribution in [0.2, 0.25) is 5.02 Å². The van der Waals surface area contributed by atoms with Gasteiger partial charge in [0, 0.05) is 5.02 Å². The average Bonchev–Trinajstić information content (AvgIpc) is 3.01. The van der Waals surface area contributed by atoms with Crippen LogP contribution in [0.4, 0.5) is 13.2 Å². The lowest BCUT2D eigenvalue weighted by molar-refractivity contribution is -0.137. The van der Waals surface area contributed by atoms with E-state index in [1.807, 2.05) is 16.9 Å². The summed E-state index contributed by atoms with van der Waals surface area (Å²) in [6, 6.07) is 8.40. The van der Waals surface area contributed by atoms with Crippen LogP contribution in [0.15, 0.2) is 47.4 Å². The van der Waals surface area contributed by atoms with Crippen molar-refractivity contribution in [3.63, 3.8) is 0 Å². The summed E-state index contributed by atoms with van der Waals surface area (Å²) in [7, 11) is -4.27. The van der Waals surface area contributed by atoms with E-state index in [1.165, 1.54) is 0 Å². The van der Waals surface area contributed by atoms with Crippen molar-refractivity contribution in [3.8, 4) is 0 Å². The second kappa shape index (κ2) is 7.73. The summed E-state index contributed by atoms with van der Waals surface area (Å²) < 4.78 is 64.7. The summed E-state index contributed by atoms with van der Waals surface area (Å²) in [5.41, 5.74) is 0.849. The summed E-state index contributed by atoms with van der Waals surface area (Å²) in [5.74, 6) is -0.580. The Morgan fingerprint density at radius 1 is 1.18 bits per heavy atom. The van der Waals surface area contributed by atoms with Crippen LogP contribution in [0, 0.1) is 0 Å². The Kier molecular flexibility index (Phi) is 5.69. The van der Waals surface area contributed by atoms with Crippen LogP contribution in [-0.2, 0) is 27.4 Å². The average molecular weight is 433 g/mol.